The molecule has 53 heavy (non-hydrogen) atoms. The molecule has 0 aliphatic rings. The number of aromatic nitrogens is 3. The van der Waals surface area contributed by atoms with Crippen LogP contribution in [0.15, 0.2) is 47.3 Å². The average Bonchev–Trinajstić information content (AvgIpc) is 3.60. The van der Waals surface area contributed by atoms with Gasteiger partial charge in [0.2, 0.25) is 12.0 Å². The number of nitrogens with one attached hydrogen (secondary N) is 2. The smallest absolute Gasteiger partial charge is 0.413 e. The van der Waals surface area contributed by atoms with E-state index in [2.05, 4.69) is 20.8 Å². The minimum absolute atomic E-state index is 0. The van der Waals surface area contributed by atoms with Crippen molar-refractivity contribution in [2.45, 2.75) is 98.2 Å². The number of nitrogens with zero attached hydrogens (tertiary/aromatic N) is 4. The van der Waals surface area contributed by atoms with Crippen LogP contribution in [-0.4, -0.2) is 80.6 Å². The Hall–Kier alpha value is -4.46. The number of amides is 2. The van der Waals surface area contributed by atoms with Gasteiger partial charge >= 0.3 is 24.1 Å². The third-order valence-electron chi connectivity index (χ3n) is 6.30. The predicted octanol–water partition coefficient (Wildman–Crippen LogP) is 2.30. The van der Waals surface area contributed by atoms with Gasteiger partial charge in [-0.05, 0) is 86.6 Å². The molecule has 0 aliphatic heterocycles. The molecule has 0 saturated carbocycles. The van der Waals surface area contributed by atoms with Crippen LogP contribution in [0.2, 0.25) is 0 Å². The molecular weight excluding hydrogens is 823 g/mol. The standard InChI is InChI=1S/C35H48N6O10S.HI/c1-33(2,3)48-29(44)26(51-39-27(28(42)43)24-20-52-30(37-24)38-32(46)50-35(7,8)9)19-47-23-14-12-22(13-15-23)25-18-41(21-40(25)10)17-11-16-36-31(45)49-34(4,5)6;/h12-15,18,20-21,26H,11,16-17,19H2,1-10H3,(H2-,36,37,38,42,43,45,46);1H/b39-27-;. The molecule has 2 aromatic heterocycles. The lowest BCUT2D eigenvalue weighted by molar-refractivity contribution is -0.660. The second-order valence-corrected chi connectivity index (χ2v) is 15.5. The van der Waals surface area contributed by atoms with Crippen LogP contribution in [0.5, 0.6) is 5.75 Å². The van der Waals surface area contributed by atoms with Crippen LogP contribution >= 0.6 is 11.3 Å². The summed E-state index contributed by atoms with van der Waals surface area (Å²) in [4.78, 5) is 58.6. The maximum absolute atomic E-state index is 13.0. The lowest BCUT2D eigenvalue weighted by atomic mass is 10.1. The molecule has 3 aromatic rings. The number of aliphatic carboxylic acids is 1. The number of carbonyl (C=O) groups is 4. The van der Waals surface area contributed by atoms with Crippen molar-refractivity contribution in [1.82, 2.24) is 14.9 Å². The van der Waals surface area contributed by atoms with Gasteiger partial charge in [-0.25, -0.2) is 33.3 Å². The summed E-state index contributed by atoms with van der Waals surface area (Å²) in [6, 6.07) is 7.16. The third-order valence-corrected chi connectivity index (χ3v) is 7.06. The summed E-state index contributed by atoms with van der Waals surface area (Å²) in [6.45, 7) is 16.4. The van der Waals surface area contributed by atoms with Crippen molar-refractivity contribution in [3.05, 3.63) is 47.9 Å². The first kappa shape index (κ1) is 44.7. The predicted molar refractivity (Wildman–Crippen MR) is 192 cm³/mol. The molecule has 2 heterocycles. The van der Waals surface area contributed by atoms with Crippen molar-refractivity contribution in [1.29, 1.82) is 0 Å². The molecule has 18 heteroatoms. The Balaban J connectivity index is 0.00000972. The van der Waals surface area contributed by atoms with E-state index < -0.39 is 52.7 Å². The number of anilines is 1. The molecule has 3 N–H and O–H groups in total. The number of rotatable bonds is 14. The van der Waals surface area contributed by atoms with Crippen LogP contribution in [0.1, 0.15) is 74.4 Å². The molecule has 0 spiro atoms. The number of esters is 1. The number of aryl methyl sites for hydroxylation is 2. The lowest BCUT2D eigenvalue weighted by Gasteiger charge is -2.23. The number of imidazole rings is 1. The zero-order chi connectivity index (χ0) is 38.9. The van der Waals surface area contributed by atoms with Gasteiger partial charge in [-0.15, -0.1) is 11.3 Å². The number of carbonyl (C=O) groups excluding carboxylic acids is 3. The highest BCUT2D eigenvalue weighted by molar-refractivity contribution is 7.14. The first-order valence-electron chi connectivity index (χ1n) is 16.5. The number of thiazole rings is 1. The highest BCUT2D eigenvalue weighted by Gasteiger charge is 2.30. The Kier molecular flexibility index (Phi) is 16.1. The molecule has 1 unspecified atom stereocenters. The molecule has 0 saturated heterocycles. The van der Waals surface area contributed by atoms with E-state index in [0.717, 1.165) is 22.6 Å². The zero-order valence-electron chi connectivity index (χ0n) is 31.6. The molecule has 3 rings (SSSR count). The number of alkyl carbamates (subject to hydrolysis) is 1. The largest absolute Gasteiger partial charge is 1.00 e. The van der Waals surface area contributed by atoms with Crippen LogP contribution in [0.25, 0.3) is 11.3 Å². The molecule has 0 radical (unpaired) electrons. The Morgan fingerprint density at radius 2 is 1.55 bits per heavy atom. The van der Waals surface area contributed by atoms with Crippen molar-refractivity contribution in [2.75, 3.05) is 18.5 Å². The van der Waals surface area contributed by atoms with Gasteiger partial charge in [0.15, 0.2) is 10.8 Å². The number of ether oxygens (including phenoxy) is 4. The Bertz CT molecular complexity index is 1740. The molecule has 292 valence electrons. The van der Waals surface area contributed by atoms with Crippen LogP contribution in [0, 0.1) is 0 Å². The molecule has 0 fully saturated rings. The quantitative estimate of drug-likeness (QED) is 0.0410. The summed E-state index contributed by atoms with van der Waals surface area (Å²) in [5, 5.41) is 20.2. The fourth-order valence-electron chi connectivity index (χ4n) is 4.28. The molecule has 0 bridgehead atoms. The average molecular weight is 873 g/mol. The van der Waals surface area contributed by atoms with Crippen molar-refractivity contribution in [3.63, 3.8) is 0 Å². The number of carboxylic acid groups (broad SMARTS) is 1. The Labute approximate surface area is 330 Å². The maximum Gasteiger partial charge on any atom is 0.413 e. The number of hydrogen-bond donors (Lipinski definition) is 3. The monoisotopic (exact) mass is 872 g/mol. The van der Waals surface area contributed by atoms with Crippen molar-refractivity contribution in [2.24, 2.45) is 12.2 Å². The van der Waals surface area contributed by atoms with Gasteiger partial charge in [-0.1, -0.05) is 5.16 Å². The summed E-state index contributed by atoms with van der Waals surface area (Å²) in [7, 11) is 1.92. The van der Waals surface area contributed by atoms with E-state index in [4.69, 9.17) is 23.8 Å². The minimum Gasteiger partial charge on any atom is -1.00 e. The van der Waals surface area contributed by atoms with Gasteiger partial charge in [0.1, 0.15) is 41.1 Å². The van der Waals surface area contributed by atoms with Crippen LogP contribution in [0.3, 0.4) is 0 Å². The highest BCUT2D eigenvalue weighted by atomic mass is 127. The number of halogens is 1. The first-order chi connectivity index (χ1) is 24.1. The van der Waals surface area contributed by atoms with Crippen molar-refractivity contribution >= 4 is 46.3 Å². The Morgan fingerprint density at radius 1 is 0.943 bits per heavy atom. The lowest BCUT2D eigenvalue weighted by Crippen LogP contribution is -3.00. The topological polar surface area (TPSA) is 193 Å². The normalized spacial score (nSPS) is 12.5. The van der Waals surface area contributed by atoms with E-state index in [1.165, 1.54) is 5.38 Å². The Morgan fingerprint density at radius 3 is 2.13 bits per heavy atom. The maximum atomic E-state index is 13.0. The second kappa shape index (κ2) is 19.0. The summed E-state index contributed by atoms with van der Waals surface area (Å²) in [5.74, 6) is -1.89. The first-order valence-corrected chi connectivity index (χ1v) is 17.4. The third kappa shape index (κ3) is 16.0. The molecular formula is C35H49IN6O10S. The van der Waals surface area contributed by atoms with Crippen LogP contribution in [-0.2, 0) is 42.2 Å². The van der Waals surface area contributed by atoms with Crippen LogP contribution < -0.4 is 43.9 Å². The molecule has 1 atom stereocenters. The molecule has 16 nitrogen and oxygen atoms in total. The SMILES string of the molecule is C[n+]1cn(CCCNC(=O)OC(C)(C)C)cc1-c1ccc(OCC(O/N=C(\C(=O)O)c2csc(NC(=O)OC(C)(C)C)n2)C(=O)OC(C)(C)C)cc1.[I-]. The number of benzene rings is 1. The minimum atomic E-state index is -1.48. The van der Waals surface area contributed by atoms with Gasteiger partial charge in [-0.3, -0.25) is 5.32 Å². The summed E-state index contributed by atoms with van der Waals surface area (Å²) < 4.78 is 25.8. The molecule has 2 amide bonds. The van der Waals surface area contributed by atoms with Gasteiger partial charge < -0.3 is 58.2 Å². The van der Waals surface area contributed by atoms with Crippen LogP contribution in [0.4, 0.5) is 14.7 Å². The fourth-order valence-corrected chi connectivity index (χ4v) is 4.96. The van der Waals surface area contributed by atoms with E-state index in [9.17, 15) is 24.3 Å². The van der Waals surface area contributed by atoms with E-state index in [1.807, 2.05) is 61.6 Å². The van der Waals surface area contributed by atoms with Gasteiger partial charge in [-0.2, -0.15) is 0 Å². The van der Waals surface area contributed by atoms with Crippen molar-refractivity contribution < 1.29 is 76.6 Å². The van der Waals surface area contributed by atoms with E-state index in [1.54, 1.807) is 53.7 Å². The highest BCUT2D eigenvalue weighted by Crippen LogP contribution is 2.22. The summed E-state index contributed by atoms with van der Waals surface area (Å²) in [6.07, 6.45) is 1.99. The number of oxime groups is 1. The van der Waals surface area contributed by atoms with Gasteiger partial charge in [0, 0.05) is 23.9 Å². The molecule has 1 aromatic carbocycles. The second-order valence-electron chi connectivity index (χ2n) is 14.6. The number of hydrogen-bond acceptors (Lipinski definition) is 12. The summed E-state index contributed by atoms with van der Waals surface area (Å²) >= 11 is 0.954. The van der Waals surface area contributed by atoms with E-state index in [-0.39, 0.29) is 41.4 Å². The number of carboxylic acids is 1. The zero-order valence-corrected chi connectivity index (χ0v) is 34.6. The van der Waals surface area contributed by atoms with Gasteiger partial charge in [0.05, 0.1) is 13.6 Å². The van der Waals surface area contributed by atoms with E-state index >= 15 is 0 Å². The van der Waals surface area contributed by atoms with Gasteiger partial charge in [0.25, 0.3) is 6.10 Å². The summed E-state index contributed by atoms with van der Waals surface area (Å²) in [5.41, 5.74) is -1.06. The van der Waals surface area contributed by atoms with Crippen molar-refractivity contribution in [3.8, 4) is 17.0 Å². The fraction of sp³-hybridized carbons (Fsp3) is 0.514. The molecule has 0 aliphatic carbocycles. The van der Waals surface area contributed by atoms with E-state index in [0.29, 0.717) is 25.3 Å².